The Hall–Kier alpha value is -2.38. The van der Waals surface area contributed by atoms with Crippen LogP contribution in [-0.4, -0.2) is 25.5 Å². The lowest BCUT2D eigenvalue weighted by molar-refractivity contribution is 0.414. The molecule has 1 nitrogen and oxygen atoms in total. The van der Waals surface area contributed by atoms with Crippen molar-refractivity contribution in [3.05, 3.63) is 93.6 Å². The van der Waals surface area contributed by atoms with Gasteiger partial charge in [0.15, 0.2) is 0 Å². The third-order valence-corrected chi connectivity index (χ3v) is 6.46. The predicted molar refractivity (Wildman–Crippen MR) is 125 cm³/mol. The molecule has 4 rings (SSSR count). The smallest absolute Gasteiger partial charge is 0.00662 e. The lowest BCUT2D eigenvalue weighted by Gasteiger charge is -2.23. The fraction of sp³-hybridized carbons (Fsp3) is 0.357. The number of hydrogen-bond donors (Lipinski definition) is 0. The van der Waals surface area contributed by atoms with Crippen molar-refractivity contribution in [2.75, 3.05) is 20.6 Å². The highest BCUT2D eigenvalue weighted by Gasteiger charge is 2.26. The van der Waals surface area contributed by atoms with Crippen molar-refractivity contribution in [2.45, 2.75) is 46.0 Å². The van der Waals surface area contributed by atoms with E-state index >= 15 is 0 Å². The minimum absolute atomic E-state index is 0.414. The third kappa shape index (κ3) is 3.89. The van der Waals surface area contributed by atoms with Gasteiger partial charge in [0.05, 0.1) is 0 Å². The van der Waals surface area contributed by atoms with Crippen LogP contribution in [0.15, 0.2) is 76.9 Å². The molecular weight excluding hydrogens is 350 g/mol. The molecule has 29 heavy (non-hydrogen) atoms. The van der Waals surface area contributed by atoms with E-state index in [4.69, 9.17) is 0 Å². The van der Waals surface area contributed by atoms with Crippen LogP contribution in [0.3, 0.4) is 0 Å². The summed E-state index contributed by atoms with van der Waals surface area (Å²) in [6, 6.07) is 15.8. The largest absolute Gasteiger partial charge is 0.309 e. The third-order valence-electron chi connectivity index (χ3n) is 6.46. The van der Waals surface area contributed by atoms with Crippen LogP contribution in [0, 0.1) is 0 Å². The van der Waals surface area contributed by atoms with Crippen LogP contribution in [0.2, 0.25) is 0 Å². The predicted octanol–water partition coefficient (Wildman–Crippen LogP) is 6.91. The Morgan fingerprint density at radius 2 is 1.76 bits per heavy atom. The maximum Gasteiger partial charge on any atom is 0.00662 e. The van der Waals surface area contributed by atoms with Gasteiger partial charge in [-0.1, -0.05) is 72.7 Å². The second kappa shape index (κ2) is 8.16. The quantitative estimate of drug-likeness (QED) is 0.447. The molecule has 2 aliphatic carbocycles. The summed E-state index contributed by atoms with van der Waals surface area (Å²) in [5.41, 5.74) is 13.3. The van der Waals surface area contributed by atoms with Crippen molar-refractivity contribution in [1.82, 2.24) is 4.90 Å². The van der Waals surface area contributed by atoms with E-state index in [2.05, 4.69) is 94.4 Å². The molecule has 2 aromatic rings. The second-order valence-electron chi connectivity index (χ2n) is 9.05. The molecule has 0 saturated heterocycles. The Morgan fingerprint density at radius 3 is 2.52 bits per heavy atom. The average Bonchev–Trinajstić information content (AvgIpc) is 3.30. The average molecular weight is 384 g/mol. The molecule has 1 unspecified atom stereocenters. The van der Waals surface area contributed by atoms with Gasteiger partial charge in [-0.05, 0) is 86.2 Å². The second-order valence-corrected chi connectivity index (χ2v) is 9.05. The van der Waals surface area contributed by atoms with E-state index in [1.807, 2.05) is 0 Å². The molecular formula is C28H33N. The van der Waals surface area contributed by atoms with E-state index in [0.717, 1.165) is 25.8 Å². The summed E-state index contributed by atoms with van der Waals surface area (Å²) in [7, 11) is 4.30. The van der Waals surface area contributed by atoms with Gasteiger partial charge in [0.2, 0.25) is 0 Å². The summed E-state index contributed by atoms with van der Waals surface area (Å²) in [5.74, 6) is 0.414. The van der Waals surface area contributed by atoms with Gasteiger partial charge in [0, 0.05) is 12.5 Å². The monoisotopic (exact) mass is 383 g/mol. The Labute approximate surface area is 176 Å². The van der Waals surface area contributed by atoms with Crippen molar-refractivity contribution >= 4 is 0 Å². The van der Waals surface area contributed by atoms with Crippen molar-refractivity contribution in [2.24, 2.45) is 0 Å². The van der Waals surface area contributed by atoms with Crippen molar-refractivity contribution in [3.63, 3.8) is 0 Å². The van der Waals surface area contributed by atoms with Gasteiger partial charge in [0.25, 0.3) is 0 Å². The first-order valence-corrected chi connectivity index (χ1v) is 10.9. The highest BCUT2D eigenvalue weighted by Crippen LogP contribution is 2.44. The number of rotatable bonds is 6. The van der Waals surface area contributed by atoms with Crippen molar-refractivity contribution in [3.8, 4) is 11.1 Å². The standard InChI is InChI=1S/C28H33N/c1-19(2)28(23-14-13-21(17-23)15-16-29(4)5)20(3)24-11-8-12-26-25-10-7-6-9-22(25)18-27(24)26/h6-13,17,20H,14-16,18H2,1-5H3. The normalized spacial score (nSPS) is 15.7. The minimum atomic E-state index is 0.414. The van der Waals surface area contributed by atoms with Crippen LogP contribution in [0.4, 0.5) is 0 Å². The van der Waals surface area contributed by atoms with Crippen LogP contribution in [-0.2, 0) is 6.42 Å². The number of hydrogen-bond acceptors (Lipinski definition) is 1. The molecule has 0 aliphatic heterocycles. The van der Waals surface area contributed by atoms with Gasteiger partial charge < -0.3 is 4.90 Å². The molecule has 2 aliphatic rings. The molecule has 0 radical (unpaired) electrons. The van der Waals surface area contributed by atoms with Crippen LogP contribution < -0.4 is 0 Å². The van der Waals surface area contributed by atoms with E-state index in [0.29, 0.717) is 5.92 Å². The molecule has 0 bridgehead atoms. The van der Waals surface area contributed by atoms with Crippen LogP contribution in [0.25, 0.3) is 11.1 Å². The summed E-state index contributed by atoms with van der Waals surface area (Å²) in [6.45, 7) is 8.07. The number of allylic oxidation sites excluding steroid dienone is 5. The maximum absolute atomic E-state index is 2.46. The Bertz CT molecular complexity index is 1010. The van der Waals surface area contributed by atoms with E-state index in [9.17, 15) is 0 Å². The maximum atomic E-state index is 2.46. The number of benzene rings is 2. The molecule has 1 atom stereocenters. The van der Waals surface area contributed by atoms with Gasteiger partial charge in [-0.3, -0.25) is 0 Å². The van der Waals surface area contributed by atoms with Gasteiger partial charge in [-0.15, -0.1) is 0 Å². The summed E-state index contributed by atoms with van der Waals surface area (Å²) < 4.78 is 0. The van der Waals surface area contributed by atoms with E-state index in [1.165, 1.54) is 50.1 Å². The summed E-state index contributed by atoms with van der Waals surface area (Å²) >= 11 is 0. The van der Waals surface area contributed by atoms with Crippen molar-refractivity contribution < 1.29 is 0 Å². The SMILES string of the molecule is CC(C)=C(C1=CC(CCN(C)C)=CC1)C(C)c1cccc2c1Cc1ccccc1-2. The Kier molecular flexibility index (Phi) is 5.61. The Balaban J connectivity index is 1.65. The summed E-state index contributed by atoms with van der Waals surface area (Å²) in [6.07, 6.45) is 8.16. The van der Waals surface area contributed by atoms with Crippen LogP contribution in [0.5, 0.6) is 0 Å². The van der Waals surface area contributed by atoms with E-state index in [1.54, 1.807) is 0 Å². The number of nitrogens with zero attached hydrogens (tertiary/aromatic N) is 1. The molecule has 0 aromatic heterocycles. The lowest BCUT2D eigenvalue weighted by Crippen LogP contribution is -2.12. The van der Waals surface area contributed by atoms with Gasteiger partial charge >= 0.3 is 0 Å². The first-order chi connectivity index (χ1) is 14.0. The zero-order chi connectivity index (χ0) is 20.5. The first-order valence-electron chi connectivity index (χ1n) is 10.9. The molecule has 0 N–H and O–H groups in total. The highest BCUT2D eigenvalue weighted by atomic mass is 15.0. The molecule has 2 aromatic carbocycles. The fourth-order valence-electron chi connectivity index (χ4n) is 5.07. The van der Waals surface area contributed by atoms with Crippen LogP contribution in [0.1, 0.15) is 56.2 Å². The van der Waals surface area contributed by atoms with Gasteiger partial charge in [0.1, 0.15) is 0 Å². The lowest BCUT2D eigenvalue weighted by atomic mass is 9.82. The van der Waals surface area contributed by atoms with Gasteiger partial charge in [-0.25, -0.2) is 0 Å². The summed E-state index contributed by atoms with van der Waals surface area (Å²) in [5, 5.41) is 0. The molecule has 0 spiro atoms. The summed E-state index contributed by atoms with van der Waals surface area (Å²) in [4.78, 5) is 2.27. The highest BCUT2D eigenvalue weighted by molar-refractivity contribution is 5.78. The molecule has 1 heteroatoms. The zero-order valence-electron chi connectivity index (χ0n) is 18.5. The molecule has 0 fully saturated rings. The Morgan fingerprint density at radius 1 is 1.00 bits per heavy atom. The van der Waals surface area contributed by atoms with E-state index < -0.39 is 0 Å². The minimum Gasteiger partial charge on any atom is -0.309 e. The molecule has 0 saturated carbocycles. The molecule has 150 valence electrons. The van der Waals surface area contributed by atoms with E-state index in [-0.39, 0.29) is 0 Å². The fourth-order valence-corrected chi connectivity index (χ4v) is 5.07. The topological polar surface area (TPSA) is 3.24 Å². The first kappa shape index (κ1) is 19.9. The van der Waals surface area contributed by atoms with Crippen molar-refractivity contribution in [1.29, 1.82) is 0 Å². The molecule has 0 heterocycles. The zero-order valence-corrected chi connectivity index (χ0v) is 18.5. The van der Waals surface area contributed by atoms with Gasteiger partial charge in [-0.2, -0.15) is 0 Å². The van der Waals surface area contributed by atoms with Crippen LogP contribution >= 0.6 is 0 Å². The number of fused-ring (bicyclic) bond motifs is 3. The molecule has 0 amide bonds.